The summed E-state index contributed by atoms with van der Waals surface area (Å²) in [7, 11) is 0. The topological polar surface area (TPSA) is 51.2 Å². The van der Waals surface area contributed by atoms with E-state index < -0.39 is 0 Å². The predicted octanol–water partition coefficient (Wildman–Crippen LogP) is 4.07. The average molecular weight is 574 g/mol. The van der Waals surface area contributed by atoms with Crippen molar-refractivity contribution in [3.05, 3.63) is 33.8 Å². The van der Waals surface area contributed by atoms with E-state index in [1.165, 1.54) is 12.1 Å². The van der Waals surface area contributed by atoms with Gasteiger partial charge in [-0.2, -0.15) is 0 Å². The molecule has 0 amide bonds. The molecule has 0 aromatic heterocycles. The van der Waals surface area contributed by atoms with E-state index in [4.69, 9.17) is 11.6 Å². The van der Waals surface area contributed by atoms with Crippen molar-refractivity contribution >= 4 is 90.7 Å². The highest BCUT2D eigenvalue weighted by atomic mass is 127. The molecule has 1 aromatic rings. The Morgan fingerprint density at radius 1 is 0.875 bits per heavy atom. The molecule has 0 unspecified atom stereocenters. The van der Waals surface area contributed by atoms with Crippen LogP contribution in [0.5, 0.6) is 0 Å². The summed E-state index contributed by atoms with van der Waals surface area (Å²) >= 11 is 10.6. The number of hydrogen-bond donors (Lipinski definition) is 0. The molecule has 0 aliphatic heterocycles. The molecule has 0 N–H and O–H groups in total. The predicted molar refractivity (Wildman–Crippen MR) is 86.5 cm³/mol. The van der Waals surface area contributed by atoms with Gasteiger partial charge in [-0.25, -0.2) is 0 Å². The molecule has 0 fully saturated rings. The van der Waals surface area contributed by atoms with Crippen LogP contribution >= 0.6 is 79.4 Å². The minimum absolute atomic E-state index is 0.0974. The standard InChI is InChI=1S/C9H2ClI3O3/c10-6-4(8(12)15)1-3(7(11)14)2-5(6)9(13)16/h1-2H. The first-order chi connectivity index (χ1) is 7.34. The van der Waals surface area contributed by atoms with Gasteiger partial charge >= 0.3 is 0 Å². The monoisotopic (exact) mass is 574 g/mol. The minimum atomic E-state index is -0.305. The van der Waals surface area contributed by atoms with E-state index in [9.17, 15) is 14.4 Å². The molecule has 1 aromatic carbocycles. The maximum absolute atomic E-state index is 11.3. The Balaban J connectivity index is 3.57. The van der Waals surface area contributed by atoms with Crippen molar-refractivity contribution < 1.29 is 14.4 Å². The second-order valence-electron chi connectivity index (χ2n) is 2.71. The fourth-order valence-corrected chi connectivity index (χ4v) is 2.79. The Morgan fingerprint density at radius 2 is 1.25 bits per heavy atom. The maximum Gasteiger partial charge on any atom is 0.223 e. The number of carbonyl (C=O) groups is 3. The van der Waals surface area contributed by atoms with E-state index in [0.717, 1.165) is 0 Å². The van der Waals surface area contributed by atoms with Gasteiger partial charge in [0, 0.05) is 84.5 Å². The van der Waals surface area contributed by atoms with Crippen LogP contribution in [-0.4, -0.2) is 11.4 Å². The van der Waals surface area contributed by atoms with E-state index in [0.29, 0.717) is 5.56 Å². The van der Waals surface area contributed by atoms with Crippen LogP contribution in [-0.2, 0) is 0 Å². The molecule has 0 aliphatic carbocycles. The van der Waals surface area contributed by atoms with Gasteiger partial charge in [-0.3, -0.25) is 14.4 Å². The lowest BCUT2D eigenvalue weighted by molar-refractivity contribution is 0.110. The third-order valence-corrected chi connectivity index (χ3v) is 3.92. The number of rotatable bonds is 3. The van der Waals surface area contributed by atoms with Gasteiger partial charge in [-0.1, -0.05) is 11.6 Å². The van der Waals surface area contributed by atoms with Gasteiger partial charge in [0.15, 0.2) is 0 Å². The molecule has 3 nitrogen and oxygen atoms in total. The second-order valence-corrected chi connectivity index (χ2v) is 6.02. The van der Waals surface area contributed by atoms with Crippen molar-refractivity contribution in [2.24, 2.45) is 0 Å². The summed E-state index contributed by atoms with van der Waals surface area (Å²) in [5.74, 6) is 0. The fraction of sp³-hybridized carbons (Fsp3) is 0. The first kappa shape index (κ1) is 14.8. The first-order valence-electron chi connectivity index (χ1n) is 3.77. The molecular formula is C9H2ClI3O3. The van der Waals surface area contributed by atoms with Crippen LogP contribution in [0.2, 0.25) is 5.02 Å². The lowest BCUT2D eigenvalue weighted by atomic mass is 10.1. The fourth-order valence-electron chi connectivity index (χ4n) is 1.02. The summed E-state index contributed by atoms with van der Waals surface area (Å²) in [5, 5.41) is 0.0974. The zero-order chi connectivity index (χ0) is 12.5. The summed E-state index contributed by atoms with van der Waals surface area (Å²) in [5.41, 5.74) is 0.666. The average Bonchev–Trinajstić information content (AvgIpc) is 2.16. The highest BCUT2D eigenvalue weighted by Crippen LogP contribution is 2.28. The SMILES string of the molecule is O=C(I)c1cc(C(=O)I)c(Cl)c(C(=O)I)c1. The third-order valence-electron chi connectivity index (χ3n) is 1.72. The van der Waals surface area contributed by atoms with Crippen molar-refractivity contribution in [3.8, 4) is 0 Å². The van der Waals surface area contributed by atoms with E-state index in [1.54, 1.807) is 67.8 Å². The van der Waals surface area contributed by atoms with Crippen LogP contribution in [0.4, 0.5) is 0 Å². The van der Waals surface area contributed by atoms with Crippen LogP contribution in [0.25, 0.3) is 0 Å². The normalized spacial score (nSPS) is 10.0. The minimum Gasteiger partial charge on any atom is -0.282 e. The summed E-state index contributed by atoms with van der Waals surface area (Å²) in [6.07, 6.45) is 0. The van der Waals surface area contributed by atoms with Gasteiger partial charge in [0.05, 0.1) is 5.02 Å². The molecule has 7 heteroatoms. The van der Waals surface area contributed by atoms with E-state index in [-0.39, 0.29) is 27.5 Å². The van der Waals surface area contributed by atoms with Gasteiger partial charge in [-0.05, 0) is 12.1 Å². The molecule has 0 saturated heterocycles. The Kier molecular flexibility index (Phi) is 5.58. The lowest BCUT2D eigenvalue weighted by Crippen LogP contribution is -2.02. The summed E-state index contributed by atoms with van der Waals surface area (Å²) < 4.78 is -0.853. The summed E-state index contributed by atoms with van der Waals surface area (Å²) in [4.78, 5) is 33.8. The van der Waals surface area contributed by atoms with E-state index in [1.807, 2.05) is 0 Å². The van der Waals surface area contributed by atoms with Gasteiger partial charge in [-0.15, -0.1) is 0 Å². The zero-order valence-electron chi connectivity index (χ0n) is 7.39. The molecule has 16 heavy (non-hydrogen) atoms. The van der Waals surface area contributed by atoms with Crippen molar-refractivity contribution in [1.82, 2.24) is 0 Å². The molecule has 84 valence electrons. The van der Waals surface area contributed by atoms with Gasteiger partial charge in [0.1, 0.15) is 0 Å². The number of benzene rings is 1. The highest BCUT2D eigenvalue weighted by Gasteiger charge is 2.18. The highest BCUT2D eigenvalue weighted by molar-refractivity contribution is 14.1. The number of hydrogen-bond acceptors (Lipinski definition) is 3. The van der Waals surface area contributed by atoms with E-state index in [2.05, 4.69) is 0 Å². The smallest absolute Gasteiger partial charge is 0.223 e. The molecule has 0 radical (unpaired) electrons. The summed E-state index contributed by atoms with van der Waals surface area (Å²) in [6, 6.07) is 2.80. The molecule has 0 saturated carbocycles. The van der Waals surface area contributed by atoms with Crippen molar-refractivity contribution in [3.63, 3.8) is 0 Å². The van der Waals surface area contributed by atoms with Crippen molar-refractivity contribution in [2.45, 2.75) is 0 Å². The van der Waals surface area contributed by atoms with Gasteiger partial charge < -0.3 is 0 Å². The molecule has 0 heterocycles. The Bertz CT molecular complexity index is 464. The van der Waals surface area contributed by atoms with Crippen molar-refractivity contribution in [1.29, 1.82) is 0 Å². The number of halogens is 4. The van der Waals surface area contributed by atoms with Crippen LogP contribution < -0.4 is 0 Å². The molecule has 0 atom stereocenters. The lowest BCUT2D eigenvalue weighted by Gasteiger charge is -2.05. The first-order valence-corrected chi connectivity index (χ1v) is 7.39. The van der Waals surface area contributed by atoms with Gasteiger partial charge in [0.25, 0.3) is 0 Å². The Morgan fingerprint density at radius 3 is 1.50 bits per heavy atom. The number of carbonyl (C=O) groups excluding carboxylic acids is 3. The third kappa shape index (κ3) is 3.35. The molecule has 0 bridgehead atoms. The summed E-state index contributed by atoms with van der Waals surface area (Å²) in [6.45, 7) is 0. The largest absolute Gasteiger partial charge is 0.282 e. The molecule has 1 rings (SSSR count). The van der Waals surface area contributed by atoms with Crippen LogP contribution in [0, 0.1) is 0 Å². The Hall–Kier alpha value is 0.710. The molecule has 0 spiro atoms. The van der Waals surface area contributed by atoms with Gasteiger partial charge in [0.2, 0.25) is 11.4 Å². The van der Waals surface area contributed by atoms with Crippen LogP contribution in [0.3, 0.4) is 0 Å². The van der Waals surface area contributed by atoms with Crippen LogP contribution in [0.15, 0.2) is 12.1 Å². The maximum atomic E-state index is 11.3. The molecule has 0 aliphatic rings. The van der Waals surface area contributed by atoms with E-state index >= 15 is 0 Å². The van der Waals surface area contributed by atoms with Crippen LogP contribution in [0.1, 0.15) is 31.1 Å². The van der Waals surface area contributed by atoms with Crippen molar-refractivity contribution in [2.75, 3.05) is 0 Å². The molecular weight excluding hydrogens is 572 g/mol. The zero-order valence-corrected chi connectivity index (χ0v) is 14.6. The quantitative estimate of drug-likeness (QED) is 0.405. The Labute approximate surface area is 137 Å². The second kappa shape index (κ2) is 6.05.